The van der Waals surface area contributed by atoms with E-state index in [9.17, 15) is 4.79 Å². The second kappa shape index (κ2) is 7.21. The van der Waals surface area contributed by atoms with Crippen LogP contribution in [0.1, 0.15) is 47.3 Å². The molecule has 130 valence electrons. The van der Waals surface area contributed by atoms with E-state index in [1.54, 1.807) is 0 Å². The molecule has 0 atom stereocenters. The Morgan fingerprint density at radius 3 is 2.48 bits per heavy atom. The molecule has 1 aromatic heterocycles. The summed E-state index contributed by atoms with van der Waals surface area (Å²) in [6.07, 6.45) is 7.38. The Balaban J connectivity index is 1.52. The predicted molar refractivity (Wildman–Crippen MR) is 97.6 cm³/mol. The topological polar surface area (TPSA) is 49.3 Å². The van der Waals surface area contributed by atoms with Crippen molar-refractivity contribution in [3.05, 3.63) is 53.5 Å². The lowest BCUT2D eigenvalue weighted by molar-refractivity contribution is 0.0728. The monoisotopic (exact) mass is 336 g/mol. The summed E-state index contributed by atoms with van der Waals surface area (Å²) < 4.78 is 0. The Morgan fingerprint density at radius 1 is 0.920 bits per heavy atom. The highest BCUT2D eigenvalue weighted by Crippen LogP contribution is 2.22. The fraction of sp³-hybridized carbons (Fsp3) is 0.450. The van der Waals surface area contributed by atoms with Gasteiger partial charge in [-0.15, -0.1) is 0 Å². The molecular weight excluding hydrogens is 312 g/mol. The number of hydrogen-bond donors (Lipinski definition) is 0. The van der Waals surface area contributed by atoms with Crippen molar-refractivity contribution >= 4 is 11.7 Å². The van der Waals surface area contributed by atoms with E-state index in [1.165, 1.54) is 43.1 Å². The molecule has 25 heavy (non-hydrogen) atoms. The maximum atomic E-state index is 12.9. The minimum Gasteiger partial charge on any atom is -0.357 e. The molecule has 0 radical (unpaired) electrons. The van der Waals surface area contributed by atoms with Gasteiger partial charge in [-0.25, -0.2) is 9.97 Å². The molecular formula is C20H24N4O. The van der Waals surface area contributed by atoms with Gasteiger partial charge in [0.1, 0.15) is 17.8 Å². The van der Waals surface area contributed by atoms with Crippen LogP contribution < -0.4 is 4.90 Å². The van der Waals surface area contributed by atoms with Gasteiger partial charge >= 0.3 is 0 Å². The van der Waals surface area contributed by atoms with Crippen molar-refractivity contribution in [2.75, 3.05) is 24.5 Å². The summed E-state index contributed by atoms with van der Waals surface area (Å²) in [5.41, 5.74) is 3.09. The predicted octanol–water partition coefficient (Wildman–Crippen LogP) is 3.06. The molecule has 2 aliphatic heterocycles. The quantitative estimate of drug-likeness (QED) is 0.846. The molecule has 0 spiro atoms. The molecule has 2 aliphatic rings. The summed E-state index contributed by atoms with van der Waals surface area (Å²) in [7, 11) is 0. The lowest BCUT2D eigenvalue weighted by Gasteiger charge is -2.29. The van der Waals surface area contributed by atoms with Crippen molar-refractivity contribution in [2.45, 2.75) is 38.6 Å². The number of rotatable bonds is 2. The van der Waals surface area contributed by atoms with Crippen LogP contribution in [0.25, 0.3) is 0 Å². The summed E-state index contributed by atoms with van der Waals surface area (Å²) in [6.45, 7) is 3.44. The van der Waals surface area contributed by atoms with Crippen LogP contribution in [0.4, 0.5) is 5.82 Å². The molecule has 5 nitrogen and oxygen atoms in total. The fourth-order valence-electron chi connectivity index (χ4n) is 3.77. The van der Waals surface area contributed by atoms with Gasteiger partial charge in [0.2, 0.25) is 0 Å². The van der Waals surface area contributed by atoms with Crippen LogP contribution in [-0.2, 0) is 13.0 Å². The number of amides is 1. The minimum absolute atomic E-state index is 0.00738. The second-order valence-electron chi connectivity index (χ2n) is 6.91. The Hall–Kier alpha value is -2.43. The lowest BCUT2D eigenvalue weighted by Crippen LogP contribution is -2.36. The van der Waals surface area contributed by atoms with Crippen LogP contribution in [0.5, 0.6) is 0 Å². The SMILES string of the molecule is O=C(c1cc(N2CCCCCC2)ncn1)N1CCc2ccccc2C1. The molecule has 5 heteroatoms. The molecule has 0 aliphatic carbocycles. The van der Waals surface area contributed by atoms with Crippen molar-refractivity contribution in [3.8, 4) is 0 Å². The van der Waals surface area contributed by atoms with E-state index in [4.69, 9.17) is 0 Å². The standard InChI is InChI=1S/C20H24N4O/c25-20(24-12-9-16-7-3-4-8-17(16)14-24)18-13-19(22-15-21-18)23-10-5-1-2-6-11-23/h3-4,7-8,13,15H,1-2,5-6,9-12,14H2. The highest BCUT2D eigenvalue weighted by atomic mass is 16.2. The smallest absolute Gasteiger partial charge is 0.272 e. The minimum atomic E-state index is 0.00738. The number of benzene rings is 1. The summed E-state index contributed by atoms with van der Waals surface area (Å²) >= 11 is 0. The zero-order valence-corrected chi connectivity index (χ0v) is 14.5. The van der Waals surface area contributed by atoms with E-state index >= 15 is 0 Å². The van der Waals surface area contributed by atoms with Crippen LogP contribution in [0.2, 0.25) is 0 Å². The zero-order valence-electron chi connectivity index (χ0n) is 14.5. The van der Waals surface area contributed by atoms with Crippen LogP contribution in [-0.4, -0.2) is 40.4 Å². The van der Waals surface area contributed by atoms with E-state index < -0.39 is 0 Å². The molecule has 3 heterocycles. The Kier molecular flexibility index (Phi) is 4.63. The molecule has 4 rings (SSSR count). The first-order valence-electron chi connectivity index (χ1n) is 9.24. The Bertz CT molecular complexity index is 753. The maximum absolute atomic E-state index is 12.9. The number of carbonyl (C=O) groups is 1. The summed E-state index contributed by atoms with van der Waals surface area (Å²) in [4.78, 5) is 25.8. The third kappa shape index (κ3) is 3.50. The first-order valence-corrected chi connectivity index (χ1v) is 9.24. The molecule has 1 saturated heterocycles. The number of hydrogen-bond acceptors (Lipinski definition) is 4. The van der Waals surface area contributed by atoms with Crippen molar-refractivity contribution in [1.29, 1.82) is 0 Å². The van der Waals surface area contributed by atoms with Gasteiger partial charge in [0.15, 0.2) is 0 Å². The third-order valence-electron chi connectivity index (χ3n) is 5.22. The summed E-state index contributed by atoms with van der Waals surface area (Å²) in [6, 6.07) is 10.2. The Labute approximate surface area is 148 Å². The van der Waals surface area contributed by atoms with E-state index in [2.05, 4.69) is 33.1 Å². The molecule has 1 aromatic carbocycles. The average molecular weight is 336 g/mol. The number of aromatic nitrogens is 2. The van der Waals surface area contributed by atoms with Crippen molar-refractivity contribution in [3.63, 3.8) is 0 Å². The molecule has 0 bridgehead atoms. The van der Waals surface area contributed by atoms with E-state index in [-0.39, 0.29) is 5.91 Å². The van der Waals surface area contributed by atoms with Crippen LogP contribution in [0, 0.1) is 0 Å². The van der Waals surface area contributed by atoms with Gasteiger partial charge in [-0.2, -0.15) is 0 Å². The third-order valence-corrected chi connectivity index (χ3v) is 5.22. The molecule has 1 fully saturated rings. The van der Waals surface area contributed by atoms with Crippen molar-refractivity contribution in [2.24, 2.45) is 0 Å². The van der Waals surface area contributed by atoms with Gasteiger partial charge in [-0.1, -0.05) is 37.1 Å². The fourth-order valence-corrected chi connectivity index (χ4v) is 3.77. The van der Waals surface area contributed by atoms with Crippen LogP contribution in [0.3, 0.4) is 0 Å². The normalized spacial score (nSPS) is 17.8. The number of nitrogens with zero attached hydrogens (tertiary/aromatic N) is 4. The van der Waals surface area contributed by atoms with Gasteiger partial charge < -0.3 is 9.80 Å². The van der Waals surface area contributed by atoms with Crippen molar-refractivity contribution < 1.29 is 4.79 Å². The van der Waals surface area contributed by atoms with Gasteiger partial charge in [-0.3, -0.25) is 4.79 Å². The van der Waals surface area contributed by atoms with Crippen molar-refractivity contribution in [1.82, 2.24) is 14.9 Å². The van der Waals surface area contributed by atoms with Crippen LogP contribution >= 0.6 is 0 Å². The highest BCUT2D eigenvalue weighted by molar-refractivity contribution is 5.93. The Morgan fingerprint density at radius 2 is 1.68 bits per heavy atom. The van der Waals surface area contributed by atoms with Gasteiger partial charge in [0, 0.05) is 32.2 Å². The summed E-state index contributed by atoms with van der Waals surface area (Å²) in [5.74, 6) is 0.894. The second-order valence-corrected chi connectivity index (χ2v) is 6.91. The van der Waals surface area contributed by atoms with Gasteiger partial charge in [-0.05, 0) is 30.4 Å². The van der Waals surface area contributed by atoms with Crippen LogP contribution in [0.15, 0.2) is 36.7 Å². The molecule has 0 saturated carbocycles. The maximum Gasteiger partial charge on any atom is 0.272 e. The number of anilines is 1. The zero-order chi connectivity index (χ0) is 17.1. The number of fused-ring (bicyclic) bond motifs is 1. The molecule has 0 N–H and O–H groups in total. The van der Waals surface area contributed by atoms with Gasteiger partial charge in [0.05, 0.1) is 0 Å². The summed E-state index contributed by atoms with van der Waals surface area (Å²) in [5, 5.41) is 0. The first kappa shape index (κ1) is 16.1. The van der Waals surface area contributed by atoms with Gasteiger partial charge in [0.25, 0.3) is 5.91 Å². The molecule has 1 amide bonds. The largest absolute Gasteiger partial charge is 0.357 e. The average Bonchev–Trinajstić information content (AvgIpc) is 2.97. The molecule has 0 unspecified atom stereocenters. The van der Waals surface area contributed by atoms with E-state index in [1.807, 2.05) is 17.0 Å². The van der Waals surface area contributed by atoms with E-state index in [0.29, 0.717) is 12.2 Å². The van der Waals surface area contributed by atoms with E-state index in [0.717, 1.165) is 31.9 Å². The molecule has 2 aromatic rings. The lowest BCUT2D eigenvalue weighted by atomic mass is 10.00. The number of carbonyl (C=O) groups excluding carboxylic acids is 1. The first-order chi connectivity index (χ1) is 12.3. The highest BCUT2D eigenvalue weighted by Gasteiger charge is 2.23.